The molecule has 0 spiro atoms. The van der Waals surface area contributed by atoms with Crippen molar-refractivity contribution in [1.29, 1.82) is 0 Å². The maximum Gasteiger partial charge on any atom is 0.275 e. The van der Waals surface area contributed by atoms with E-state index in [4.69, 9.17) is 0 Å². The SMILES string of the molecule is Cc1cn(-c2ccc3n(c2=O)C[C@@H](C)N(Cc2cccc(N4CCCCC4)c2)C3=O)cn1. The zero-order valence-corrected chi connectivity index (χ0v) is 18.7. The summed E-state index contributed by atoms with van der Waals surface area (Å²) in [7, 11) is 0. The maximum absolute atomic E-state index is 13.4. The number of fused-ring (bicyclic) bond motifs is 1. The molecule has 5 rings (SSSR count). The van der Waals surface area contributed by atoms with Crippen molar-refractivity contribution in [1.82, 2.24) is 19.0 Å². The topological polar surface area (TPSA) is 63.4 Å². The third-order valence-corrected chi connectivity index (χ3v) is 6.59. The van der Waals surface area contributed by atoms with Crippen molar-refractivity contribution in [3.05, 3.63) is 76.2 Å². The molecule has 2 aliphatic heterocycles. The van der Waals surface area contributed by atoms with Crippen molar-refractivity contribution in [3.8, 4) is 5.69 Å². The molecule has 7 heteroatoms. The van der Waals surface area contributed by atoms with E-state index >= 15 is 0 Å². The van der Waals surface area contributed by atoms with E-state index in [1.165, 1.54) is 24.9 Å². The summed E-state index contributed by atoms with van der Waals surface area (Å²) in [4.78, 5) is 35.0. The van der Waals surface area contributed by atoms with Gasteiger partial charge in [-0.15, -0.1) is 0 Å². The number of piperidine rings is 1. The number of benzene rings is 1. The van der Waals surface area contributed by atoms with Crippen LogP contribution in [0.15, 0.2) is 53.7 Å². The average molecular weight is 432 g/mol. The van der Waals surface area contributed by atoms with Crippen LogP contribution in [-0.4, -0.2) is 44.1 Å². The molecule has 0 bridgehead atoms. The molecule has 1 aromatic carbocycles. The Hall–Kier alpha value is -3.35. The molecule has 1 atom stereocenters. The highest BCUT2D eigenvalue weighted by molar-refractivity contribution is 5.93. The van der Waals surface area contributed by atoms with Gasteiger partial charge in [-0.05, 0) is 62.9 Å². The molecule has 1 saturated heterocycles. The lowest BCUT2D eigenvalue weighted by Gasteiger charge is -2.36. The zero-order valence-electron chi connectivity index (χ0n) is 18.7. The summed E-state index contributed by atoms with van der Waals surface area (Å²) in [6, 6.07) is 11.9. The molecule has 3 aromatic rings. The lowest BCUT2D eigenvalue weighted by Crippen LogP contribution is -2.49. The van der Waals surface area contributed by atoms with Crippen LogP contribution in [0, 0.1) is 6.92 Å². The fourth-order valence-corrected chi connectivity index (χ4v) is 4.82. The first kappa shape index (κ1) is 20.5. The Morgan fingerprint density at radius 3 is 2.62 bits per heavy atom. The second kappa shape index (κ2) is 8.30. The lowest BCUT2D eigenvalue weighted by molar-refractivity contribution is 0.0590. The Morgan fingerprint density at radius 1 is 1.06 bits per heavy atom. The van der Waals surface area contributed by atoms with Gasteiger partial charge in [0.25, 0.3) is 11.5 Å². The van der Waals surface area contributed by atoms with Crippen LogP contribution in [0.1, 0.15) is 47.9 Å². The molecule has 2 aromatic heterocycles. The first-order valence-electron chi connectivity index (χ1n) is 11.4. The smallest absolute Gasteiger partial charge is 0.275 e. The Bertz CT molecular complexity index is 1210. The number of imidazole rings is 1. The first-order chi connectivity index (χ1) is 15.5. The largest absolute Gasteiger partial charge is 0.372 e. The Balaban J connectivity index is 1.41. The number of pyridine rings is 1. The van der Waals surface area contributed by atoms with Gasteiger partial charge in [0.1, 0.15) is 11.4 Å². The van der Waals surface area contributed by atoms with E-state index in [1.54, 1.807) is 27.6 Å². The first-order valence-corrected chi connectivity index (χ1v) is 11.4. The van der Waals surface area contributed by atoms with Gasteiger partial charge in [0.2, 0.25) is 0 Å². The summed E-state index contributed by atoms with van der Waals surface area (Å²) in [5.74, 6) is -0.0995. The molecule has 0 radical (unpaired) electrons. The number of nitrogens with zero attached hydrogens (tertiary/aromatic N) is 5. The van der Waals surface area contributed by atoms with E-state index in [1.807, 2.05) is 24.9 Å². The van der Waals surface area contributed by atoms with Gasteiger partial charge in [-0.25, -0.2) is 4.98 Å². The van der Waals surface area contributed by atoms with Gasteiger partial charge in [0.15, 0.2) is 0 Å². The third kappa shape index (κ3) is 3.72. The molecule has 0 N–H and O–H groups in total. The fraction of sp³-hybridized carbons (Fsp3) is 0.400. The van der Waals surface area contributed by atoms with Crippen molar-refractivity contribution < 1.29 is 4.79 Å². The van der Waals surface area contributed by atoms with Crippen LogP contribution in [0.3, 0.4) is 0 Å². The second-order valence-corrected chi connectivity index (χ2v) is 8.94. The molecule has 0 aliphatic carbocycles. The van der Waals surface area contributed by atoms with E-state index in [-0.39, 0.29) is 17.5 Å². The standard InChI is InChI=1S/C25H29N5O2/c1-18-14-28(17-26-18)22-9-10-23-25(32)29(19(2)15-30(23)24(22)31)16-20-7-6-8-21(13-20)27-11-4-3-5-12-27/h6-10,13-14,17,19H,3-5,11-12,15-16H2,1-2H3/t19-/m1/s1. The number of aromatic nitrogens is 3. The predicted molar refractivity (Wildman–Crippen MR) is 124 cm³/mol. The quantitative estimate of drug-likeness (QED) is 0.635. The molecular formula is C25H29N5O2. The van der Waals surface area contributed by atoms with Gasteiger partial charge in [-0.2, -0.15) is 0 Å². The third-order valence-electron chi connectivity index (χ3n) is 6.59. The maximum atomic E-state index is 13.4. The van der Waals surface area contributed by atoms with Gasteiger partial charge in [-0.1, -0.05) is 12.1 Å². The van der Waals surface area contributed by atoms with Crippen molar-refractivity contribution in [2.24, 2.45) is 0 Å². The van der Waals surface area contributed by atoms with Crippen molar-refractivity contribution >= 4 is 11.6 Å². The van der Waals surface area contributed by atoms with Crippen LogP contribution in [0.5, 0.6) is 0 Å². The number of rotatable bonds is 4. The van der Waals surface area contributed by atoms with Crippen LogP contribution in [-0.2, 0) is 13.1 Å². The second-order valence-electron chi connectivity index (χ2n) is 8.94. The van der Waals surface area contributed by atoms with Crippen LogP contribution in [0.25, 0.3) is 5.69 Å². The summed E-state index contributed by atoms with van der Waals surface area (Å²) in [5, 5.41) is 0. The number of anilines is 1. The van der Waals surface area contributed by atoms with Crippen LogP contribution >= 0.6 is 0 Å². The normalized spacial score (nSPS) is 18.7. The van der Waals surface area contributed by atoms with Gasteiger partial charge in [0.05, 0.1) is 12.0 Å². The number of carbonyl (C=O) groups excluding carboxylic acids is 1. The molecule has 32 heavy (non-hydrogen) atoms. The van der Waals surface area contributed by atoms with Crippen molar-refractivity contribution in [3.63, 3.8) is 0 Å². The van der Waals surface area contributed by atoms with Crippen LogP contribution in [0.2, 0.25) is 0 Å². The van der Waals surface area contributed by atoms with E-state index in [9.17, 15) is 9.59 Å². The Labute approximate surface area is 187 Å². The van der Waals surface area contributed by atoms with Crippen molar-refractivity contribution in [2.75, 3.05) is 18.0 Å². The van der Waals surface area contributed by atoms with E-state index in [0.29, 0.717) is 24.5 Å². The molecule has 2 aliphatic rings. The summed E-state index contributed by atoms with van der Waals surface area (Å²) < 4.78 is 3.33. The Morgan fingerprint density at radius 2 is 1.88 bits per heavy atom. The average Bonchev–Trinajstić information content (AvgIpc) is 3.24. The predicted octanol–water partition coefficient (Wildman–Crippen LogP) is 3.38. The summed E-state index contributed by atoms with van der Waals surface area (Å²) in [6.45, 7) is 7.10. The zero-order chi connectivity index (χ0) is 22.2. The highest BCUT2D eigenvalue weighted by Crippen LogP contribution is 2.24. The number of hydrogen-bond acceptors (Lipinski definition) is 4. The lowest BCUT2D eigenvalue weighted by atomic mass is 10.1. The van der Waals surface area contributed by atoms with Crippen molar-refractivity contribution in [2.45, 2.75) is 52.2 Å². The molecule has 4 heterocycles. The minimum Gasteiger partial charge on any atom is -0.372 e. The Kier molecular flexibility index (Phi) is 5.33. The number of amides is 1. The fourth-order valence-electron chi connectivity index (χ4n) is 4.82. The van der Waals surface area contributed by atoms with Gasteiger partial charge in [-0.3, -0.25) is 9.59 Å². The molecule has 0 unspecified atom stereocenters. The van der Waals surface area contributed by atoms with Gasteiger partial charge in [0, 0.05) is 44.1 Å². The number of carbonyl (C=O) groups is 1. The minimum atomic E-state index is -0.160. The van der Waals surface area contributed by atoms with Crippen LogP contribution < -0.4 is 10.5 Å². The minimum absolute atomic E-state index is 0.0777. The van der Waals surface area contributed by atoms with Crippen LogP contribution in [0.4, 0.5) is 5.69 Å². The summed E-state index contributed by atoms with van der Waals surface area (Å²) >= 11 is 0. The highest BCUT2D eigenvalue weighted by Gasteiger charge is 2.31. The molecule has 166 valence electrons. The molecule has 7 nitrogen and oxygen atoms in total. The molecule has 1 amide bonds. The molecule has 1 fully saturated rings. The number of aryl methyl sites for hydroxylation is 1. The highest BCUT2D eigenvalue weighted by atomic mass is 16.2. The number of hydrogen-bond donors (Lipinski definition) is 0. The summed E-state index contributed by atoms with van der Waals surface area (Å²) in [6.07, 6.45) is 7.22. The summed E-state index contributed by atoms with van der Waals surface area (Å²) in [5.41, 5.74) is 3.99. The molecular weight excluding hydrogens is 402 g/mol. The van der Waals surface area contributed by atoms with E-state index in [0.717, 1.165) is 24.3 Å². The van der Waals surface area contributed by atoms with E-state index in [2.05, 4.69) is 34.1 Å². The van der Waals surface area contributed by atoms with Gasteiger partial charge < -0.3 is 18.9 Å². The van der Waals surface area contributed by atoms with E-state index < -0.39 is 0 Å². The van der Waals surface area contributed by atoms with Gasteiger partial charge >= 0.3 is 0 Å². The molecule has 0 saturated carbocycles. The monoisotopic (exact) mass is 431 g/mol.